The van der Waals surface area contributed by atoms with Gasteiger partial charge in [0.2, 0.25) is 0 Å². The first-order chi connectivity index (χ1) is 13.0. The minimum Gasteiger partial charge on any atom is -0.497 e. The molecule has 2 aromatic rings. The lowest BCUT2D eigenvalue weighted by Gasteiger charge is -2.22. The Kier molecular flexibility index (Phi) is 5.46. The maximum Gasteiger partial charge on any atom is 0.264 e. The van der Waals surface area contributed by atoms with Crippen LogP contribution >= 0.6 is 0 Å². The predicted molar refractivity (Wildman–Crippen MR) is 101 cm³/mol. The van der Waals surface area contributed by atoms with E-state index >= 15 is 0 Å². The van der Waals surface area contributed by atoms with E-state index in [1.54, 1.807) is 25.3 Å². The van der Waals surface area contributed by atoms with Crippen LogP contribution in [0.5, 0.6) is 11.5 Å². The molecular weight excluding hydrogens is 346 g/mol. The highest BCUT2D eigenvalue weighted by Gasteiger charge is 2.49. The molecule has 1 aliphatic rings. The van der Waals surface area contributed by atoms with Gasteiger partial charge in [-0.15, -0.1) is 0 Å². The fraction of sp³-hybridized carbons (Fsp3) is 0.333. The van der Waals surface area contributed by atoms with Crippen LogP contribution in [0, 0.1) is 0 Å². The average molecular weight is 369 g/mol. The van der Waals surface area contributed by atoms with Crippen molar-refractivity contribution < 1.29 is 24.2 Å². The van der Waals surface area contributed by atoms with E-state index in [-0.39, 0.29) is 12.2 Å². The summed E-state index contributed by atoms with van der Waals surface area (Å²) in [4.78, 5) is 25.9. The lowest BCUT2D eigenvalue weighted by atomic mass is 9.90. The third-order valence-corrected chi connectivity index (χ3v) is 4.60. The van der Waals surface area contributed by atoms with Crippen molar-refractivity contribution in [3.63, 3.8) is 0 Å². The Morgan fingerprint density at radius 2 is 1.78 bits per heavy atom. The third-order valence-electron chi connectivity index (χ3n) is 4.60. The summed E-state index contributed by atoms with van der Waals surface area (Å²) in [7, 11) is 1.61. The van der Waals surface area contributed by atoms with Gasteiger partial charge in [0.25, 0.3) is 5.91 Å². The second-order valence-corrected chi connectivity index (χ2v) is 6.59. The molecule has 0 aromatic heterocycles. The van der Waals surface area contributed by atoms with E-state index in [4.69, 9.17) is 9.47 Å². The number of Topliss-reactive ketones (excluding diaryl/α,β-unsaturated/α-hetero) is 1. The molecule has 0 bridgehead atoms. The van der Waals surface area contributed by atoms with Gasteiger partial charge in [-0.25, -0.2) is 0 Å². The SMILES string of the molecule is COc1ccc(OCCCN2C(=O)[C@](O)(CC(C)=O)c3ccccc32)cc1. The second-order valence-electron chi connectivity index (χ2n) is 6.59. The number of anilines is 1. The molecule has 142 valence electrons. The summed E-state index contributed by atoms with van der Waals surface area (Å²) in [5, 5.41) is 10.9. The zero-order chi connectivity index (χ0) is 19.4. The highest BCUT2D eigenvalue weighted by Crippen LogP contribution is 2.42. The highest BCUT2D eigenvalue weighted by atomic mass is 16.5. The minimum absolute atomic E-state index is 0.221. The van der Waals surface area contributed by atoms with Crippen molar-refractivity contribution in [3.05, 3.63) is 54.1 Å². The average Bonchev–Trinajstić information content (AvgIpc) is 2.87. The Balaban J connectivity index is 1.64. The minimum atomic E-state index is -1.78. The molecule has 2 aromatic carbocycles. The molecule has 27 heavy (non-hydrogen) atoms. The number of carbonyl (C=O) groups excluding carboxylic acids is 2. The topological polar surface area (TPSA) is 76.1 Å². The molecule has 1 aliphatic heterocycles. The lowest BCUT2D eigenvalue weighted by Crippen LogP contribution is -2.42. The van der Waals surface area contributed by atoms with Gasteiger partial charge in [0.05, 0.1) is 19.4 Å². The van der Waals surface area contributed by atoms with E-state index in [2.05, 4.69) is 0 Å². The molecule has 1 amide bonds. The van der Waals surface area contributed by atoms with Crippen LogP contribution in [-0.4, -0.2) is 37.1 Å². The van der Waals surface area contributed by atoms with E-state index in [1.807, 2.05) is 30.3 Å². The van der Waals surface area contributed by atoms with Gasteiger partial charge >= 0.3 is 0 Å². The summed E-state index contributed by atoms with van der Waals surface area (Å²) < 4.78 is 10.8. The number of para-hydroxylation sites is 1. The van der Waals surface area contributed by atoms with Gasteiger partial charge in [-0.05, 0) is 43.7 Å². The fourth-order valence-corrected chi connectivity index (χ4v) is 3.34. The monoisotopic (exact) mass is 369 g/mol. The van der Waals surface area contributed by atoms with E-state index in [1.165, 1.54) is 11.8 Å². The maximum absolute atomic E-state index is 12.8. The molecule has 3 rings (SSSR count). The van der Waals surface area contributed by atoms with Crippen LogP contribution < -0.4 is 14.4 Å². The van der Waals surface area contributed by atoms with E-state index in [0.29, 0.717) is 30.8 Å². The standard InChI is InChI=1S/C21H23NO5/c1-15(23)14-21(25)18-6-3-4-7-19(18)22(20(21)24)12-5-13-27-17-10-8-16(26-2)9-11-17/h3-4,6-11,25H,5,12-14H2,1-2H3/t21-/m0/s1. The zero-order valence-electron chi connectivity index (χ0n) is 15.5. The summed E-state index contributed by atoms with van der Waals surface area (Å²) >= 11 is 0. The smallest absolute Gasteiger partial charge is 0.264 e. The van der Waals surface area contributed by atoms with Crippen LogP contribution in [0.4, 0.5) is 5.69 Å². The number of benzene rings is 2. The number of fused-ring (bicyclic) bond motifs is 1. The van der Waals surface area contributed by atoms with Gasteiger partial charge in [-0.2, -0.15) is 0 Å². The Morgan fingerprint density at radius 1 is 1.11 bits per heavy atom. The van der Waals surface area contributed by atoms with Crippen molar-refractivity contribution in [1.82, 2.24) is 0 Å². The van der Waals surface area contributed by atoms with E-state index < -0.39 is 11.5 Å². The van der Waals surface area contributed by atoms with Crippen LogP contribution in [0.3, 0.4) is 0 Å². The number of ether oxygens (including phenoxy) is 2. The maximum atomic E-state index is 12.8. The summed E-state index contributed by atoms with van der Waals surface area (Å²) in [5.74, 6) is 0.789. The van der Waals surface area contributed by atoms with Gasteiger partial charge < -0.3 is 19.5 Å². The normalized spacial score (nSPS) is 18.3. The second kappa shape index (κ2) is 7.80. The van der Waals surface area contributed by atoms with Crippen LogP contribution in [0.15, 0.2) is 48.5 Å². The first-order valence-corrected chi connectivity index (χ1v) is 8.86. The molecule has 0 spiro atoms. The first kappa shape index (κ1) is 18.9. The molecule has 0 radical (unpaired) electrons. The van der Waals surface area contributed by atoms with Crippen LogP contribution in [0.25, 0.3) is 0 Å². The number of methoxy groups -OCH3 is 1. The largest absolute Gasteiger partial charge is 0.497 e. The number of rotatable bonds is 8. The number of ketones is 1. The third kappa shape index (κ3) is 3.80. The number of aliphatic hydroxyl groups is 1. The Bertz CT molecular complexity index is 833. The predicted octanol–water partition coefficient (Wildman–Crippen LogP) is 2.68. The molecule has 0 unspecified atom stereocenters. The highest BCUT2D eigenvalue weighted by molar-refractivity contribution is 6.08. The van der Waals surface area contributed by atoms with Crippen molar-refractivity contribution in [1.29, 1.82) is 0 Å². The molecule has 6 heteroatoms. The van der Waals surface area contributed by atoms with Gasteiger partial charge in [-0.3, -0.25) is 9.59 Å². The van der Waals surface area contributed by atoms with Gasteiger partial charge in [0.1, 0.15) is 17.3 Å². The number of hydrogen-bond acceptors (Lipinski definition) is 5. The van der Waals surface area contributed by atoms with Crippen LogP contribution in [0.2, 0.25) is 0 Å². The number of amides is 1. The Morgan fingerprint density at radius 3 is 2.44 bits per heavy atom. The molecule has 0 fully saturated rings. The summed E-state index contributed by atoms with van der Waals surface area (Å²) in [6.45, 7) is 2.19. The van der Waals surface area contributed by atoms with E-state index in [0.717, 1.165) is 11.5 Å². The van der Waals surface area contributed by atoms with Gasteiger partial charge in [0, 0.05) is 18.5 Å². The van der Waals surface area contributed by atoms with Crippen LogP contribution in [0.1, 0.15) is 25.3 Å². The lowest BCUT2D eigenvalue weighted by molar-refractivity contribution is -0.141. The zero-order valence-corrected chi connectivity index (χ0v) is 15.5. The van der Waals surface area contributed by atoms with E-state index in [9.17, 15) is 14.7 Å². The fourth-order valence-electron chi connectivity index (χ4n) is 3.34. The summed E-state index contributed by atoms with van der Waals surface area (Å²) in [6, 6.07) is 14.3. The number of carbonyl (C=O) groups is 2. The molecule has 0 aliphatic carbocycles. The molecule has 0 saturated carbocycles. The van der Waals surface area contributed by atoms with Crippen molar-refractivity contribution in [2.24, 2.45) is 0 Å². The summed E-state index contributed by atoms with van der Waals surface area (Å²) in [5.41, 5.74) is -0.642. The molecule has 1 heterocycles. The Hall–Kier alpha value is -2.86. The summed E-state index contributed by atoms with van der Waals surface area (Å²) in [6.07, 6.45) is 0.365. The van der Waals surface area contributed by atoms with Gasteiger partial charge in [-0.1, -0.05) is 18.2 Å². The Labute approximate surface area is 158 Å². The van der Waals surface area contributed by atoms with Crippen molar-refractivity contribution in [2.45, 2.75) is 25.4 Å². The molecule has 1 atom stereocenters. The molecular formula is C21H23NO5. The molecule has 6 nitrogen and oxygen atoms in total. The van der Waals surface area contributed by atoms with Crippen LogP contribution in [-0.2, 0) is 15.2 Å². The van der Waals surface area contributed by atoms with Crippen molar-refractivity contribution in [2.75, 3.05) is 25.2 Å². The molecule has 0 saturated heterocycles. The number of nitrogens with zero attached hydrogens (tertiary/aromatic N) is 1. The number of hydrogen-bond donors (Lipinski definition) is 1. The van der Waals surface area contributed by atoms with Crippen molar-refractivity contribution >= 4 is 17.4 Å². The molecule has 1 N–H and O–H groups in total. The first-order valence-electron chi connectivity index (χ1n) is 8.86. The van der Waals surface area contributed by atoms with Gasteiger partial charge in [0.15, 0.2) is 5.60 Å². The van der Waals surface area contributed by atoms with Crippen molar-refractivity contribution in [3.8, 4) is 11.5 Å². The quantitative estimate of drug-likeness (QED) is 0.724.